The smallest absolute Gasteiger partial charge is 0.287 e. The highest BCUT2D eigenvalue weighted by atomic mass is 16.5. The summed E-state index contributed by atoms with van der Waals surface area (Å²) in [4.78, 5) is 11.9. The van der Waals surface area contributed by atoms with Gasteiger partial charge >= 0.3 is 0 Å². The SMILES string of the molecule is COCCNC(=O)c1oc2ccc(C)cc2c1C. The van der Waals surface area contributed by atoms with E-state index in [1.165, 1.54) is 0 Å². The molecular formula is C14H17NO3. The molecule has 0 atom stereocenters. The monoisotopic (exact) mass is 247 g/mol. The van der Waals surface area contributed by atoms with Gasteiger partial charge in [0.15, 0.2) is 5.76 Å². The molecule has 1 aromatic carbocycles. The lowest BCUT2D eigenvalue weighted by molar-refractivity contribution is 0.0911. The summed E-state index contributed by atoms with van der Waals surface area (Å²) in [5.74, 6) is 0.185. The maximum atomic E-state index is 11.9. The molecule has 1 N–H and O–H groups in total. The number of methoxy groups -OCH3 is 1. The number of amides is 1. The molecule has 0 bridgehead atoms. The van der Waals surface area contributed by atoms with E-state index in [4.69, 9.17) is 9.15 Å². The van der Waals surface area contributed by atoms with E-state index >= 15 is 0 Å². The molecule has 4 heteroatoms. The van der Waals surface area contributed by atoms with Crippen molar-refractivity contribution in [2.75, 3.05) is 20.3 Å². The number of aryl methyl sites for hydroxylation is 2. The Kier molecular flexibility index (Phi) is 3.67. The molecule has 0 saturated heterocycles. The van der Waals surface area contributed by atoms with E-state index in [0.717, 1.165) is 22.1 Å². The van der Waals surface area contributed by atoms with Gasteiger partial charge in [0.05, 0.1) is 6.61 Å². The first-order chi connectivity index (χ1) is 8.63. The average Bonchev–Trinajstić information content (AvgIpc) is 2.67. The first-order valence-corrected chi connectivity index (χ1v) is 5.90. The molecular weight excluding hydrogens is 230 g/mol. The van der Waals surface area contributed by atoms with Crippen molar-refractivity contribution in [1.29, 1.82) is 0 Å². The zero-order valence-electron chi connectivity index (χ0n) is 10.9. The Morgan fingerprint density at radius 3 is 2.89 bits per heavy atom. The van der Waals surface area contributed by atoms with Crippen LogP contribution in [0.5, 0.6) is 0 Å². The minimum atomic E-state index is -0.196. The Labute approximate surface area is 106 Å². The quantitative estimate of drug-likeness (QED) is 0.844. The summed E-state index contributed by atoms with van der Waals surface area (Å²) >= 11 is 0. The van der Waals surface area contributed by atoms with Crippen LogP contribution < -0.4 is 5.32 Å². The number of nitrogens with one attached hydrogen (secondary N) is 1. The topological polar surface area (TPSA) is 51.5 Å². The van der Waals surface area contributed by atoms with E-state index in [-0.39, 0.29) is 5.91 Å². The molecule has 0 aliphatic rings. The molecule has 1 heterocycles. The summed E-state index contributed by atoms with van der Waals surface area (Å²) in [5, 5.41) is 3.75. The van der Waals surface area contributed by atoms with Crippen molar-refractivity contribution in [3.63, 3.8) is 0 Å². The Bertz CT molecular complexity index is 572. The van der Waals surface area contributed by atoms with E-state index < -0.39 is 0 Å². The van der Waals surface area contributed by atoms with E-state index in [1.807, 2.05) is 32.0 Å². The molecule has 0 aliphatic carbocycles. The van der Waals surface area contributed by atoms with Gasteiger partial charge in [0.25, 0.3) is 5.91 Å². The van der Waals surface area contributed by atoms with Gasteiger partial charge in [-0.2, -0.15) is 0 Å². The maximum absolute atomic E-state index is 11.9. The molecule has 0 unspecified atom stereocenters. The zero-order chi connectivity index (χ0) is 13.1. The second-order valence-electron chi connectivity index (χ2n) is 4.30. The molecule has 2 aromatic rings. The van der Waals surface area contributed by atoms with Crippen LogP contribution in [0.4, 0.5) is 0 Å². The minimum Gasteiger partial charge on any atom is -0.451 e. The van der Waals surface area contributed by atoms with E-state index in [0.29, 0.717) is 18.9 Å². The third-order valence-electron chi connectivity index (χ3n) is 2.89. The molecule has 0 spiro atoms. The number of hydrogen-bond acceptors (Lipinski definition) is 3. The summed E-state index contributed by atoms with van der Waals surface area (Å²) < 4.78 is 10.5. The summed E-state index contributed by atoms with van der Waals surface area (Å²) in [5.41, 5.74) is 2.77. The van der Waals surface area contributed by atoms with Gasteiger partial charge in [-0.1, -0.05) is 11.6 Å². The first kappa shape index (κ1) is 12.6. The lowest BCUT2D eigenvalue weighted by Crippen LogP contribution is -2.27. The minimum absolute atomic E-state index is 0.196. The van der Waals surface area contributed by atoms with Crippen molar-refractivity contribution in [2.45, 2.75) is 13.8 Å². The fourth-order valence-electron chi connectivity index (χ4n) is 1.90. The number of ether oxygens (including phenoxy) is 1. The third kappa shape index (κ3) is 2.38. The lowest BCUT2D eigenvalue weighted by Gasteiger charge is -2.02. The van der Waals surface area contributed by atoms with Crippen LogP contribution in [-0.4, -0.2) is 26.2 Å². The highest BCUT2D eigenvalue weighted by molar-refractivity contribution is 5.99. The van der Waals surface area contributed by atoms with Crippen molar-refractivity contribution < 1.29 is 13.9 Å². The molecule has 18 heavy (non-hydrogen) atoms. The number of carbonyl (C=O) groups excluding carboxylic acids is 1. The molecule has 96 valence electrons. The van der Waals surface area contributed by atoms with Gasteiger partial charge in [0.1, 0.15) is 5.58 Å². The molecule has 0 radical (unpaired) electrons. The molecule has 1 aromatic heterocycles. The fourth-order valence-corrected chi connectivity index (χ4v) is 1.90. The second kappa shape index (κ2) is 5.23. The Morgan fingerprint density at radius 2 is 2.17 bits per heavy atom. The second-order valence-corrected chi connectivity index (χ2v) is 4.30. The van der Waals surface area contributed by atoms with Crippen LogP contribution in [0.3, 0.4) is 0 Å². The van der Waals surface area contributed by atoms with Gasteiger partial charge < -0.3 is 14.5 Å². The largest absolute Gasteiger partial charge is 0.451 e. The molecule has 0 aliphatic heterocycles. The van der Waals surface area contributed by atoms with Crippen molar-refractivity contribution in [1.82, 2.24) is 5.32 Å². The summed E-state index contributed by atoms with van der Waals surface area (Å²) in [6.45, 7) is 4.88. The van der Waals surface area contributed by atoms with Gasteiger partial charge in [0, 0.05) is 24.6 Å². The highest BCUT2D eigenvalue weighted by Gasteiger charge is 2.16. The number of hydrogen-bond donors (Lipinski definition) is 1. The van der Waals surface area contributed by atoms with Crippen molar-refractivity contribution >= 4 is 16.9 Å². The molecule has 2 rings (SSSR count). The van der Waals surface area contributed by atoms with Crippen LogP contribution in [0.25, 0.3) is 11.0 Å². The summed E-state index contributed by atoms with van der Waals surface area (Å²) in [6.07, 6.45) is 0. The van der Waals surface area contributed by atoms with Crippen LogP contribution in [0.15, 0.2) is 22.6 Å². The van der Waals surface area contributed by atoms with E-state index in [9.17, 15) is 4.79 Å². The van der Waals surface area contributed by atoms with Crippen LogP contribution >= 0.6 is 0 Å². The predicted molar refractivity (Wildman–Crippen MR) is 69.9 cm³/mol. The zero-order valence-corrected chi connectivity index (χ0v) is 10.9. The Balaban J connectivity index is 2.28. The number of fused-ring (bicyclic) bond motifs is 1. The van der Waals surface area contributed by atoms with Crippen LogP contribution in [0, 0.1) is 13.8 Å². The molecule has 4 nitrogen and oxygen atoms in total. The van der Waals surface area contributed by atoms with Gasteiger partial charge in [-0.25, -0.2) is 0 Å². The van der Waals surface area contributed by atoms with Gasteiger partial charge in [-0.3, -0.25) is 4.79 Å². The number of rotatable bonds is 4. The van der Waals surface area contributed by atoms with Crippen molar-refractivity contribution in [3.8, 4) is 0 Å². The van der Waals surface area contributed by atoms with E-state index in [1.54, 1.807) is 7.11 Å². The van der Waals surface area contributed by atoms with Crippen molar-refractivity contribution in [3.05, 3.63) is 35.1 Å². The highest BCUT2D eigenvalue weighted by Crippen LogP contribution is 2.25. The molecule has 0 saturated carbocycles. The Morgan fingerprint density at radius 1 is 1.39 bits per heavy atom. The van der Waals surface area contributed by atoms with Crippen LogP contribution in [-0.2, 0) is 4.74 Å². The average molecular weight is 247 g/mol. The first-order valence-electron chi connectivity index (χ1n) is 5.90. The van der Waals surface area contributed by atoms with Crippen LogP contribution in [0.2, 0.25) is 0 Å². The fraction of sp³-hybridized carbons (Fsp3) is 0.357. The predicted octanol–water partition coefficient (Wildman–Crippen LogP) is 2.43. The van der Waals surface area contributed by atoms with E-state index in [2.05, 4.69) is 5.32 Å². The van der Waals surface area contributed by atoms with Crippen molar-refractivity contribution in [2.24, 2.45) is 0 Å². The third-order valence-corrected chi connectivity index (χ3v) is 2.89. The molecule has 0 fully saturated rings. The maximum Gasteiger partial charge on any atom is 0.287 e. The summed E-state index contributed by atoms with van der Waals surface area (Å²) in [7, 11) is 1.60. The standard InChI is InChI=1S/C14H17NO3/c1-9-4-5-12-11(8-9)10(2)13(18-12)14(16)15-6-7-17-3/h4-5,8H,6-7H2,1-3H3,(H,15,16). The summed E-state index contributed by atoms with van der Waals surface area (Å²) in [6, 6.07) is 5.89. The normalized spacial score (nSPS) is 10.8. The molecule has 1 amide bonds. The number of benzene rings is 1. The van der Waals surface area contributed by atoms with Crippen LogP contribution in [0.1, 0.15) is 21.7 Å². The van der Waals surface area contributed by atoms with Gasteiger partial charge in [-0.15, -0.1) is 0 Å². The van der Waals surface area contributed by atoms with Gasteiger partial charge in [0.2, 0.25) is 0 Å². The number of furan rings is 1. The Hall–Kier alpha value is -1.81. The lowest BCUT2D eigenvalue weighted by atomic mass is 10.1. The van der Waals surface area contributed by atoms with Gasteiger partial charge in [-0.05, 0) is 26.0 Å². The number of carbonyl (C=O) groups is 1.